The van der Waals surface area contributed by atoms with Crippen LogP contribution in [-0.4, -0.2) is 42.9 Å². The number of anilines is 1. The average molecular weight is 473 g/mol. The molecule has 2 aromatic carbocycles. The van der Waals surface area contributed by atoms with Gasteiger partial charge in [0.2, 0.25) is 10.0 Å². The van der Waals surface area contributed by atoms with E-state index in [1.54, 1.807) is 0 Å². The fourth-order valence-electron chi connectivity index (χ4n) is 3.42. The first-order valence-corrected chi connectivity index (χ1v) is 11.7. The molecule has 0 saturated carbocycles. The zero-order valence-corrected chi connectivity index (χ0v) is 18.2. The molecule has 1 unspecified atom stereocenters. The maximum atomic E-state index is 13.6. The van der Waals surface area contributed by atoms with Crippen molar-refractivity contribution in [1.82, 2.24) is 4.31 Å². The van der Waals surface area contributed by atoms with E-state index in [0.717, 1.165) is 12.1 Å². The molecule has 10 heteroatoms. The molecule has 0 radical (unpaired) electrons. The Balaban J connectivity index is 1.90. The van der Waals surface area contributed by atoms with E-state index in [4.69, 9.17) is 11.6 Å². The van der Waals surface area contributed by atoms with Crippen molar-refractivity contribution >= 4 is 33.2 Å². The summed E-state index contributed by atoms with van der Waals surface area (Å²) in [7, 11) is -4.08. The smallest absolute Gasteiger partial charge is 0.255 e. The third kappa shape index (κ3) is 5.60. The van der Waals surface area contributed by atoms with Crippen LogP contribution < -0.4 is 5.32 Å². The van der Waals surface area contributed by atoms with E-state index in [-0.39, 0.29) is 46.2 Å². The molecular formula is C21H23ClF2N2O4S. The summed E-state index contributed by atoms with van der Waals surface area (Å²) >= 11 is 5.72. The number of nitrogens with zero attached hydrogens (tertiary/aromatic N) is 1. The van der Waals surface area contributed by atoms with Gasteiger partial charge in [0, 0.05) is 29.9 Å². The predicted molar refractivity (Wildman–Crippen MR) is 114 cm³/mol. The summed E-state index contributed by atoms with van der Waals surface area (Å²) in [6, 6.07) is 7.37. The summed E-state index contributed by atoms with van der Waals surface area (Å²) in [4.78, 5) is 12.3. The van der Waals surface area contributed by atoms with Crippen molar-refractivity contribution in [3.05, 3.63) is 58.4 Å². The number of alkyl halides is 1. The van der Waals surface area contributed by atoms with Crippen LogP contribution in [0.1, 0.15) is 41.6 Å². The van der Waals surface area contributed by atoms with Gasteiger partial charge >= 0.3 is 0 Å². The summed E-state index contributed by atoms with van der Waals surface area (Å²) in [6.45, 7) is -0.647. The molecule has 2 aromatic rings. The molecule has 6 nitrogen and oxygen atoms in total. The predicted octanol–water partition coefficient (Wildman–Crippen LogP) is 4.13. The maximum Gasteiger partial charge on any atom is 0.255 e. The van der Waals surface area contributed by atoms with Gasteiger partial charge in [-0.15, -0.1) is 0 Å². The van der Waals surface area contributed by atoms with E-state index in [2.05, 4.69) is 5.32 Å². The molecule has 0 spiro atoms. The van der Waals surface area contributed by atoms with Crippen molar-refractivity contribution in [3.8, 4) is 0 Å². The van der Waals surface area contributed by atoms with Crippen molar-refractivity contribution in [2.75, 3.05) is 18.4 Å². The Morgan fingerprint density at radius 2 is 1.94 bits per heavy atom. The Labute approximate surface area is 184 Å². The fraction of sp³-hybridized carbons (Fsp3) is 0.381. The van der Waals surface area contributed by atoms with Crippen LogP contribution in [0.3, 0.4) is 0 Å². The number of halogens is 3. The van der Waals surface area contributed by atoms with E-state index in [1.165, 1.54) is 28.6 Å². The summed E-state index contributed by atoms with van der Waals surface area (Å²) in [5.41, 5.74) is 0.181. The Bertz CT molecular complexity index is 1070. The van der Waals surface area contributed by atoms with Gasteiger partial charge in [0.25, 0.3) is 5.91 Å². The molecule has 1 heterocycles. The zero-order valence-electron chi connectivity index (χ0n) is 16.7. The van der Waals surface area contributed by atoms with Crippen LogP contribution in [0.25, 0.3) is 0 Å². The maximum absolute atomic E-state index is 13.6. The summed E-state index contributed by atoms with van der Waals surface area (Å²) in [5.74, 6) is -1.29. The first-order valence-electron chi connectivity index (χ1n) is 9.86. The first kappa shape index (κ1) is 23.6. The lowest BCUT2D eigenvalue weighted by Crippen LogP contribution is -2.36. The number of benzene rings is 2. The number of rotatable bonds is 5. The second kappa shape index (κ2) is 10.0. The summed E-state index contributed by atoms with van der Waals surface area (Å²) < 4.78 is 54.6. The molecule has 1 aliphatic heterocycles. The number of hydrogen-bond donors (Lipinski definition) is 2. The van der Waals surface area contributed by atoms with E-state index in [9.17, 15) is 27.1 Å². The zero-order chi connectivity index (χ0) is 22.6. The van der Waals surface area contributed by atoms with Gasteiger partial charge in [-0.1, -0.05) is 17.7 Å². The van der Waals surface area contributed by atoms with Gasteiger partial charge in [0.1, 0.15) is 12.5 Å². The third-order valence-electron chi connectivity index (χ3n) is 5.18. The van der Waals surface area contributed by atoms with Gasteiger partial charge in [0.05, 0.1) is 16.0 Å². The number of aliphatic hydroxyl groups is 1. The minimum atomic E-state index is -4.08. The molecular weight excluding hydrogens is 450 g/mol. The van der Waals surface area contributed by atoms with Gasteiger partial charge in [-0.05, 0) is 56.0 Å². The molecule has 168 valence electrons. The van der Waals surface area contributed by atoms with Crippen molar-refractivity contribution in [2.24, 2.45) is 0 Å². The van der Waals surface area contributed by atoms with E-state index < -0.39 is 34.5 Å². The van der Waals surface area contributed by atoms with Crippen molar-refractivity contribution in [3.63, 3.8) is 0 Å². The number of hydrogen-bond acceptors (Lipinski definition) is 4. The second-order valence-electron chi connectivity index (χ2n) is 7.38. The van der Waals surface area contributed by atoms with Crippen LogP contribution in [0.5, 0.6) is 0 Å². The van der Waals surface area contributed by atoms with Gasteiger partial charge in [0.15, 0.2) is 0 Å². The molecule has 0 aliphatic carbocycles. The fourth-order valence-corrected chi connectivity index (χ4v) is 5.32. The molecule has 0 bridgehead atoms. The third-order valence-corrected chi connectivity index (χ3v) is 7.45. The number of nitrogens with one attached hydrogen (secondary N) is 1. The number of carbonyl (C=O) groups is 1. The Morgan fingerprint density at radius 1 is 1.16 bits per heavy atom. The number of sulfonamides is 1. The van der Waals surface area contributed by atoms with Crippen LogP contribution in [0, 0.1) is 5.82 Å². The van der Waals surface area contributed by atoms with Crippen molar-refractivity contribution in [2.45, 2.75) is 43.4 Å². The lowest BCUT2D eigenvalue weighted by Gasteiger charge is -2.27. The van der Waals surface area contributed by atoms with E-state index >= 15 is 0 Å². The standard InChI is InChI=1S/C21H23ClF2N2O4S/c22-18-12-16(6-7-19(18)24)25-21(28)14-4-5-15(13-23)20(11-14)31(29,30)26-9-2-1-3-17(27)8-10-26/h4-7,11-12,17,27H,1-3,8-10,13H2,(H,25,28). The van der Waals surface area contributed by atoms with Crippen molar-refractivity contribution < 1.29 is 27.1 Å². The molecule has 1 saturated heterocycles. The van der Waals surface area contributed by atoms with Gasteiger partial charge in [-0.2, -0.15) is 4.31 Å². The molecule has 3 rings (SSSR count). The number of amides is 1. The highest BCUT2D eigenvalue weighted by Gasteiger charge is 2.29. The molecule has 0 aromatic heterocycles. The van der Waals surface area contributed by atoms with Crippen LogP contribution in [0.15, 0.2) is 41.3 Å². The van der Waals surface area contributed by atoms with Crippen LogP contribution in [0.4, 0.5) is 14.5 Å². The van der Waals surface area contributed by atoms with Gasteiger partial charge in [-0.25, -0.2) is 17.2 Å². The lowest BCUT2D eigenvalue weighted by molar-refractivity contribution is 0.102. The Kier molecular flexibility index (Phi) is 7.64. The monoisotopic (exact) mass is 472 g/mol. The summed E-state index contributed by atoms with van der Waals surface area (Å²) in [6.07, 6.45) is 1.58. The normalized spacial score (nSPS) is 18.3. The minimum absolute atomic E-state index is 0.00306. The molecule has 1 aliphatic rings. The largest absolute Gasteiger partial charge is 0.393 e. The molecule has 1 fully saturated rings. The highest BCUT2D eigenvalue weighted by molar-refractivity contribution is 7.89. The first-order chi connectivity index (χ1) is 14.7. The Morgan fingerprint density at radius 3 is 2.65 bits per heavy atom. The molecule has 1 atom stereocenters. The molecule has 31 heavy (non-hydrogen) atoms. The molecule has 2 N–H and O–H groups in total. The second-order valence-corrected chi connectivity index (χ2v) is 9.70. The average Bonchev–Trinajstić information content (AvgIpc) is 2.73. The van der Waals surface area contributed by atoms with E-state index in [0.29, 0.717) is 19.3 Å². The quantitative estimate of drug-likeness (QED) is 0.685. The van der Waals surface area contributed by atoms with Crippen LogP contribution in [0.2, 0.25) is 5.02 Å². The van der Waals surface area contributed by atoms with Crippen LogP contribution >= 0.6 is 11.6 Å². The highest BCUT2D eigenvalue weighted by Crippen LogP contribution is 2.26. The summed E-state index contributed by atoms with van der Waals surface area (Å²) in [5, 5.41) is 12.2. The number of aliphatic hydroxyl groups excluding tert-OH is 1. The van der Waals surface area contributed by atoms with Gasteiger partial charge < -0.3 is 10.4 Å². The van der Waals surface area contributed by atoms with Crippen LogP contribution in [-0.2, 0) is 16.7 Å². The Hall–Kier alpha value is -2.07. The lowest BCUT2D eigenvalue weighted by atomic mass is 10.1. The number of carbonyl (C=O) groups excluding carboxylic acids is 1. The van der Waals surface area contributed by atoms with Gasteiger partial charge in [-0.3, -0.25) is 4.79 Å². The van der Waals surface area contributed by atoms with E-state index in [1.807, 2.05) is 0 Å². The highest BCUT2D eigenvalue weighted by atomic mass is 35.5. The minimum Gasteiger partial charge on any atom is -0.393 e. The topological polar surface area (TPSA) is 86.7 Å². The molecule has 1 amide bonds. The SMILES string of the molecule is O=C(Nc1ccc(F)c(Cl)c1)c1ccc(CF)c(S(=O)(=O)N2CCCCC(O)CC2)c1. The van der Waals surface area contributed by atoms with Crippen molar-refractivity contribution in [1.29, 1.82) is 0 Å².